The highest BCUT2D eigenvalue weighted by Gasteiger charge is 2.31. The molecule has 4 nitrogen and oxygen atoms in total. The van der Waals surface area contributed by atoms with Crippen LogP contribution in [0.3, 0.4) is 0 Å². The number of rotatable bonds is 4. The van der Waals surface area contributed by atoms with E-state index < -0.39 is 11.7 Å². The van der Waals surface area contributed by atoms with E-state index >= 15 is 0 Å². The number of aromatic nitrogens is 1. The van der Waals surface area contributed by atoms with Gasteiger partial charge in [-0.1, -0.05) is 23.7 Å². The summed E-state index contributed by atoms with van der Waals surface area (Å²) in [7, 11) is 0. The van der Waals surface area contributed by atoms with Crippen molar-refractivity contribution in [2.24, 2.45) is 0 Å². The highest BCUT2D eigenvalue weighted by Crippen LogP contribution is 2.31. The van der Waals surface area contributed by atoms with Gasteiger partial charge in [0, 0.05) is 24.8 Å². The molecule has 0 aliphatic rings. The maximum atomic E-state index is 12.5. The fourth-order valence-corrected chi connectivity index (χ4v) is 2.16. The van der Waals surface area contributed by atoms with Crippen molar-refractivity contribution in [2.75, 3.05) is 12.3 Å². The van der Waals surface area contributed by atoms with Crippen molar-refractivity contribution in [3.05, 3.63) is 58.4 Å². The summed E-state index contributed by atoms with van der Waals surface area (Å²) >= 11 is 5.80. The van der Waals surface area contributed by atoms with Crippen molar-refractivity contribution in [1.29, 1.82) is 0 Å². The maximum absolute atomic E-state index is 12.5. The lowest BCUT2D eigenvalue weighted by atomic mass is 10.1. The van der Waals surface area contributed by atoms with Gasteiger partial charge in [-0.05, 0) is 18.2 Å². The van der Waals surface area contributed by atoms with Crippen LogP contribution in [0.1, 0.15) is 21.6 Å². The van der Waals surface area contributed by atoms with Crippen molar-refractivity contribution in [3.63, 3.8) is 0 Å². The number of pyridine rings is 1. The van der Waals surface area contributed by atoms with Crippen LogP contribution in [0.15, 0.2) is 36.5 Å². The Morgan fingerprint density at radius 2 is 2.00 bits per heavy atom. The summed E-state index contributed by atoms with van der Waals surface area (Å²) in [6.07, 6.45) is -3.57. The molecule has 3 N–H and O–H groups in total. The number of amides is 1. The first kappa shape index (κ1) is 17.1. The van der Waals surface area contributed by atoms with Crippen LogP contribution in [0.5, 0.6) is 0 Å². The van der Waals surface area contributed by atoms with Crippen LogP contribution >= 0.6 is 11.6 Å². The standard InChI is InChI=1S/C15H13ClF3N3O/c16-11-7-9(15(17,18)19)8-22-13(11)5-6-21-14(23)10-3-1-2-4-12(10)20/h1-4,7-8H,5-6,20H2,(H,21,23). The zero-order valence-corrected chi connectivity index (χ0v) is 12.6. The third-order valence-corrected chi connectivity index (χ3v) is 3.42. The Labute approximate surface area is 135 Å². The maximum Gasteiger partial charge on any atom is 0.417 e. The van der Waals surface area contributed by atoms with E-state index in [9.17, 15) is 18.0 Å². The molecule has 0 radical (unpaired) electrons. The molecule has 0 spiro atoms. The number of nitrogens with zero attached hydrogens (tertiary/aromatic N) is 1. The fraction of sp³-hybridized carbons (Fsp3) is 0.200. The summed E-state index contributed by atoms with van der Waals surface area (Å²) in [6.45, 7) is 0.172. The molecule has 1 aromatic heterocycles. The lowest BCUT2D eigenvalue weighted by molar-refractivity contribution is -0.137. The number of carbonyl (C=O) groups excluding carboxylic acids is 1. The van der Waals surface area contributed by atoms with E-state index in [4.69, 9.17) is 17.3 Å². The molecule has 0 aliphatic carbocycles. The molecular weight excluding hydrogens is 331 g/mol. The lowest BCUT2D eigenvalue weighted by Gasteiger charge is -2.10. The summed E-state index contributed by atoms with van der Waals surface area (Å²) in [4.78, 5) is 15.6. The Balaban J connectivity index is 1.97. The van der Waals surface area contributed by atoms with Crippen LogP contribution in [0.25, 0.3) is 0 Å². The Hall–Kier alpha value is -2.28. The molecule has 1 aromatic carbocycles. The molecule has 23 heavy (non-hydrogen) atoms. The second kappa shape index (κ2) is 6.87. The largest absolute Gasteiger partial charge is 0.417 e. The Morgan fingerprint density at radius 3 is 2.61 bits per heavy atom. The fourth-order valence-electron chi connectivity index (χ4n) is 1.90. The third-order valence-electron chi connectivity index (χ3n) is 3.10. The van der Waals surface area contributed by atoms with Gasteiger partial charge in [0.05, 0.1) is 21.8 Å². The molecule has 2 aromatic rings. The van der Waals surface area contributed by atoms with E-state index in [1.807, 2.05) is 0 Å². The van der Waals surface area contributed by atoms with Gasteiger partial charge in [-0.15, -0.1) is 0 Å². The molecule has 122 valence electrons. The van der Waals surface area contributed by atoms with Gasteiger partial charge in [-0.25, -0.2) is 0 Å². The van der Waals surface area contributed by atoms with E-state index in [-0.39, 0.29) is 29.6 Å². The van der Waals surface area contributed by atoms with Crippen LogP contribution in [-0.2, 0) is 12.6 Å². The number of nitrogens with two attached hydrogens (primary N) is 1. The number of nitrogen functional groups attached to an aromatic ring is 1. The Morgan fingerprint density at radius 1 is 1.30 bits per heavy atom. The zero-order chi connectivity index (χ0) is 17.0. The van der Waals surface area contributed by atoms with Crippen LogP contribution < -0.4 is 11.1 Å². The van der Waals surface area contributed by atoms with Crippen molar-refractivity contribution in [3.8, 4) is 0 Å². The van der Waals surface area contributed by atoms with Crippen LogP contribution in [-0.4, -0.2) is 17.4 Å². The first-order valence-corrected chi connectivity index (χ1v) is 7.01. The second-order valence-corrected chi connectivity index (χ2v) is 5.15. The van der Waals surface area contributed by atoms with Crippen molar-refractivity contribution < 1.29 is 18.0 Å². The number of nitrogens with one attached hydrogen (secondary N) is 1. The number of hydrogen-bond donors (Lipinski definition) is 2. The van der Waals surface area contributed by atoms with Crippen LogP contribution in [0, 0.1) is 0 Å². The van der Waals surface area contributed by atoms with E-state index in [0.29, 0.717) is 11.3 Å². The summed E-state index contributed by atoms with van der Waals surface area (Å²) in [5.41, 5.74) is 5.73. The number of carbonyl (C=O) groups is 1. The smallest absolute Gasteiger partial charge is 0.398 e. The first-order valence-electron chi connectivity index (χ1n) is 6.63. The quantitative estimate of drug-likeness (QED) is 0.837. The molecule has 8 heteroatoms. The average molecular weight is 344 g/mol. The molecule has 1 amide bonds. The molecule has 0 fully saturated rings. The van der Waals surface area contributed by atoms with Gasteiger partial charge in [-0.2, -0.15) is 13.2 Å². The highest BCUT2D eigenvalue weighted by molar-refractivity contribution is 6.31. The van der Waals surface area contributed by atoms with Gasteiger partial charge in [-0.3, -0.25) is 9.78 Å². The normalized spacial score (nSPS) is 11.3. The minimum atomic E-state index is -4.49. The van der Waals surface area contributed by atoms with Gasteiger partial charge in [0.2, 0.25) is 0 Å². The summed E-state index contributed by atoms with van der Waals surface area (Å²) in [6, 6.07) is 7.38. The average Bonchev–Trinajstić information content (AvgIpc) is 2.48. The molecule has 1 heterocycles. The lowest BCUT2D eigenvalue weighted by Crippen LogP contribution is -2.26. The number of alkyl halides is 3. The van der Waals surface area contributed by atoms with Crippen molar-refractivity contribution in [2.45, 2.75) is 12.6 Å². The van der Waals surface area contributed by atoms with E-state index in [2.05, 4.69) is 10.3 Å². The number of anilines is 1. The molecule has 2 rings (SSSR count). The van der Waals surface area contributed by atoms with E-state index in [1.165, 1.54) is 0 Å². The molecule has 0 atom stereocenters. The Kier molecular flexibility index (Phi) is 5.10. The topological polar surface area (TPSA) is 68.0 Å². The van der Waals surface area contributed by atoms with Gasteiger partial charge >= 0.3 is 6.18 Å². The summed E-state index contributed by atoms with van der Waals surface area (Å²) < 4.78 is 37.5. The molecule has 0 aliphatic heterocycles. The zero-order valence-electron chi connectivity index (χ0n) is 11.8. The number of benzene rings is 1. The van der Waals surface area contributed by atoms with Crippen molar-refractivity contribution in [1.82, 2.24) is 10.3 Å². The highest BCUT2D eigenvalue weighted by atomic mass is 35.5. The molecule has 0 bridgehead atoms. The first-order chi connectivity index (χ1) is 10.8. The Bertz CT molecular complexity index is 719. The third kappa shape index (κ3) is 4.35. The van der Waals surface area contributed by atoms with Crippen LogP contribution in [0.4, 0.5) is 18.9 Å². The molecular formula is C15H13ClF3N3O. The van der Waals surface area contributed by atoms with E-state index in [1.54, 1.807) is 24.3 Å². The second-order valence-electron chi connectivity index (χ2n) is 4.74. The number of hydrogen-bond acceptors (Lipinski definition) is 3. The molecule has 0 saturated heterocycles. The minimum Gasteiger partial charge on any atom is -0.398 e. The monoisotopic (exact) mass is 343 g/mol. The predicted molar refractivity (Wildman–Crippen MR) is 81.1 cm³/mol. The molecule has 0 saturated carbocycles. The number of halogens is 4. The van der Waals surface area contributed by atoms with Gasteiger partial charge in [0.25, 0.3) is 5.91 Å². The van der Waals surface area contributed by atoms with Crippen molar-refractivity contribution >= 4 is 23.2 Å². The number of para-hydroxylation sites is 1. The summed E-state index contributed by atoms with van der Waals surface area (Å²) in [5, 5.41) is 2.53. The molecule has 0 unspecified atom stereocenters. The van der Waals surface area contributed by atoms with Gasteiger partial charge < -0.3 is 11.1 Å². The van der Waals surface area contributed by atoms with Crippen LogP contribution in [0.2, 0.25) is 5.02 Å². The van der Waals surface area contributed by atoms with Gasteiger partial charge in [0.1, 0.15) is 0 Å². The SMILES string of the molecule is Nc1ccccc1C(=O)NCCc1ncc(C(F)(F)F)cc1Cl. The summed E-state index contributed by atoms with van der Waals surface area (Å²) in [5.74, 6) is -0.369. The predicted octanol–water partition coefficient (Wildman–Crippen LogP) is 3.31. The van der Waals surface area contributed by atoms with E-state index in [0.717, 1.165) is 12.3 Å². The minimum absolute atomic E-state index is 0.0895. The van der Waals surface area contributed by atoms with Gasteiger partial charge in [0.15, 0.2) is 0 Å².